The first-order valence-electron chi connectivity index (χ1n) is 8.75. The van der Waals surface area contributed by atoms with E-state index in [4.69, 9.17) is 4.98 Å². The second-order valence-electron chi connectivity index (χ2n) is 6.38. The quantitative estimate of drug-likeness (QED) is 0.262. The molecular formula is C21H17N3S2. The highest BCUT2D eigenvalue weighted by atomic mass is 32.2. The number of hydrogen-bond acceptors (Lipinski definition) is 5. The summed E-state index contributed by atoms with van der Waals surface area (Å²) in [5.74, 6) is 0.848. The van der Waals surface area contributed by atoms with Gasteiger partial charge in [-0.1, -0.05) is 36.4 Å². The number of thioether (sulfide) groups is 1. The van der Waals surface area contributed by atoms with Crippen molar-refractivity contribution in [1.29, 1.82) is 0 Å². The van der Waals surface area contributed by atoms with Crippen molar-refractivity contribution in [1.82, 2.24) is 15.0 Å². The summed E-state index contributed by atoms with van der Waals surface area (Å²) in [6.07, 6.45) is 7.00. The maximum absolute atomic E-state index is 5.10. The number of aryl methyl sites for hydroxylation is 1. The molecule has 1 aliphatic carbocycles. The molecule has 5 heteroatoms. The van der Waals surface area contributed by atoms with Crippen molar-refractivity contribution >= 4 is 43.5 Å². The zero-order valence-corrected chi connectivity index (χ0v) is 15.9. The number of aromatic nitrogens is 3. The van der Waals surface area contributed by atoms with Crippen LogP contribution in [0, 0.1) is 0 Å². The summed E-state index contributed by atoms with van der Waals surface area (Å²) in [5.41, 5.74) is 6.26. The van der Waals surface area contributed by atoms with E-state index in [2.05, 4.69) is 46.9 Å². The Morgan fingerprint density at radius 2 is 1.96 bits per heavy atom. The van der Waals surface area contributed by atoms with Crippen molar-refractivity contribution in [2.45, 2.75) is 24.3 Å². The van der Waals surface area contributed by atoms with Gasteiger partial charge in [-0.25, -0.2) is 15.0 Å². The maximum atomic E-state index is 5.10. The van der Waals surface area contributed by atoms with E-state index in [0.717, 1.165) is 44.4 Å². The number of nitrogens with zero attached hydrogens (tertiary/aromatic N) is 3. The number of thiophene rings is 1. The van der Waals surface area contributed by atoms with Crippen molar-refractivity contribution in [2.24, 2.45) is 0 Å². The Labute approximate surface area is 160 Å². The van der Waals surface area contributed by atoms with Crippen LogP contribution < -0.4 is 0 Å². The maximum Gasteiger partial charge on any atom is 0.127 e. The summed E-state index contributed by atoms with van der Waals surface area (Å²) in [6, 6.07) is 10.5. The molecule has 0 radical (unpaired) electrons. The molecule has 0 saturated heterocycles. The summed E-state index contributed by atoms with van der Waals surface area (Å²) in [5, 5.41) is 2.28. The lowest BCUT2D eigenvalue weighted by atomic mass is 10.0. The molecule has 0 spiro atoms. The zero-order valence-electron chi connectivity index (χ0n) is 14.2. The second kappa shape index (κ2) is 6.49. The van der Waals surface area contributed by atoms with Crippen LogP contribution >= 0.6 is 23.1 Å². The van der Waals surface area contributed by atoms with Crippen LogP contribution in [0.5, 0.6) is 0 Å². The predicted molar refractivity (Wildman–Crippen MR) is 111 cm³/mol. The molecule has 26 heavy (non-hydrogen) atoms. The third-order valence-corrected chi connectivity index (χ3v) is 7.02. The SMILES string of the molecule is C=CCSc1ncnc2c1sc1nc(-c3ccccc3)c3c(c12)CCC3. The number of benzene rings is 1. The standard InChI is InChI=1S/C21H17N3S2/c1-2-11-25-21-19-18(22-12-23-21)16-14-9-6-10-15(14)17(24-20(16)26-19)13-7-4-3-5-8-13/h2-5,7-8,12H,1,6,9-11H2. The average molecular weight is 376 g/mol. The molecule has 5 rings (SSSR count). The van der Waals surface area contributed by atoms with Crippen LogP contribution in [0.2, 0.25) is 0 Å². The van der Waals surface area contributed by atoms with Crippen LogP contribution in [0.4, 0.5) is 0 Å². The number of hydrogen-bond donors (Lipinski definition) is 0. The van der Waals surface area contributed by atoms with Crippen LogP contribution in [0.3, 0.4) is 0 Å². The normalized spacial score (nSPS) is 13.4. The van der Waals surface area contributed by atoms with Gasteiger partial charge in [-0.3, -0.25) is 0 Å². The van der Waals surface area contributed by atoms with Crippen molar-refractivity contribution < 1.29 is 0 Å². The van der Waals surface area contributed by atoms with Crippen LogP contribution in [0.1, 0.15) is 17.5 Å². The molecule has 0 atom stereocenters. The predicted octanol–water partition coefficient (Wildman–Crippen LogP) is 5.67. The van der Waals surface area contributed by atoms with Crippen LogP contribution in [-0.4, -0.2) is 20.7 Å². The third kappa shape index (κ3) is 2.46. The van der Waals surface area contributed by atoms with E-state index >= 15 is 0 Å². The van der Waals surface area contributed by atoms with Gasteiger partial charge in [0.15, 0.2) is 0 Å². The molecule has 0 bridgehead atoms. The Balaban J connectivity index is 1.82. The molecule has 1 aromatic carbocycles. The van der Waals surface area contributed by atoms with E-state index in [9.17, 15) is 0 Å². The van der Waals surface area contributed by atoms with E-state index in [1.165, 1.54) is 28.5 Å². The molecule has 0 amide bonds. The van der Waals surface area contributed by atoms with Gasteiger partial charge in [0, 0.05) is 16.7 Å². The van der Waals surface area contributed by atoms with E-state index < -0.39 is 0 Å². The molecule has 0 saturated carbocycles. The zero-order chi connectivity index (χ0) is 17.5. The minimum Gasteiger partial charge on any atom is -0.236 e. The Kier molecular flexibility index (Phi) is 3.98. The smallest absolute Gasteiger partial charge is 0.127 e. The summed E-state index contributed by atoms with van der Waals surface area (Å²) in [4.78, 5) is 15.3. The first-order chi connectivity index (χ1) is 12.9. The fraction of sp³-hybridized carbons (Fsp3) is 0.190. The van der Waals surface area contributed by atoms with E-state index in [1.807, 2.05) is 6.08 Å². The second-order valence-corrected chi connectivity index (χ2v) is 8.38. The van der Waals surface area contributed by atoms with Crippen molar-refractivity contribution in [3.05, 3.63) is 60.4 Å². The highest BCUT2D eigenvalue weighted by Gasteiger charge is 2.24. The lowest BCUT2D eigenvalue weighted by molar-refractivity contribution is 0.913. The Morgan fingerprint density at radius 3 is 2.81 bits per heavy atom. The van der Waals surface area contributed by atoms with Gasteiger partial charge in [0.2, 0.25) is 0 Å². The monoisotopic (exact) mass is 375 g/mol. The van der Waals surface area contributed by atoms with E-state index in [-0.39, 0.29) is 0 Å². The van der Waals surface area contributed by atoms with Crippen molar-refractivity contribution in [3.63, 3.8) is 0 Å². The molecule has 0 N–H and O–H groups in total. The molecule has 3 aromatic heterocycles. The molecule has 4 aromatic rings. The number of rotatable bonds is 4. The summed E-state index contributed by atoms with van der Waals surface area (Å²) < 4.78 is 1.15. The fourth-order valence-corrected chi connectivity index (χ4v) is 5.72. The first kappa shape index (κ1) is 16.0. The molecule has 3 nitrogen and oxygen atoms in total. The lowest BCUT2D eigenvalue weighted by Crippen LogP contribution is -1.94. The molecule has 0 fully saturated rings. The summed E-state index contributed by atoms with van der Waals surface area (Å²) >= 11 is 3.43. The summed E-state index contributed by atoms with van der Waals surface area (Å²) in [6.45, 7) is 3.82. The summed E-state index contributed by atoms with van der Waals surface area (Å²) in [7, 11) is 0. The third-order valence-electron chi connectivity index (χ3n) is 4.82. The van der Waals surface area contributed by atoms with Crippen LogP contribution in [-0.2, 0) is 12.8 Å². The molecule has 128 valence electrons. The fourth-order valence-electron chi connectivity index (χ4n) is 3.75. The molecule has 3 heterocycles. The Morgan fingerprint density at radius 1 is 1.12 bits per heavy atom. The van der Waals surface area contributed by atoms with Crippen molar-refractivity contribution in [2.75, 3.05) is 5.75 Å². The Hall–Kier alpha value is -2.24. The highest BCUT2D eigenvalue weighted by Crippen LogP contribution is 2.43. The first-order valence-corrected chi connectivity index (χ1v) is 10.5. The van der Waals surface area contributed by atoms with Gasteiger partial charge in [-0.05, 0) is 30.4 Å². The van der Waals surface area contributed by atoms with Gasteiger partial charge in [0.25, 0.3) is 0 Å². The molecule has 0 unspecified atom stereocenters. The van der Waals surface area contributed by atoms with E-state index in [1.54, 1.807) is 29.4 Å². The molecule has 0 aliphatic heterocycles. The van der Waals surface area contributed by atoms with Crippen molar-refractivity contribution in [3.8, 4) is 11.3 Å². The number of pyridine rings is 1. The van der Waals surface area contributed by atoms with Gasteiger partial charge in [-0.2, -0.15) is 0 Å². The van der Waals surface area contributed by atoms with E-state index in [0.29, 0.717) is 0 Å². The average Bonchev–Trinajstić information content (AvgIpc) is 3.30. The largest absolute Gasteiger partial charge is 0.236 e. The highest BCUT2D eigenvalue weighted by molar-refractivity contribution is 7.99. The topological polar surface area (TPSA) is 38.7 Å². The van der Waals surface area contributed by atoms with Gasteiger partial charge < -0.3 is 0 Å². The van der Waals surface area contributed by atoms with Gasteiger partial charge in [0.05, 0.1) is 15.9 Å². The lowest BCUT2D eigenvalue weighted by Gasteiger charge is -2.09. The molecule has 1 aliphatic rings. The minimum atomic E-state index is 0.848. The van der Waals surface area contributed by atoms with Gasteiger partial charge >= 0.3 is 0 Å². The molecular weight excluding hydrogens is 358 g/mol. The van der Waals surface area contributed by atoms with Crippen LogP contribution in [0.15, 0.2) is 54.3 Å². The van der Waals surface area contributed by atoms with Crippen LogP contribution in [0.25, 0.3) is 31.7 Å². The Bertz CT molecular complexity index is 1130. The van der Waals surface area contributed by atoms with Gasteiger partial charge in [-0.15, -0.1) is 29.7 Å². The number of fused-ring (bicyclic) bond motifs is 5. The minimum absolute atomic E-state index is 0.848. The van der Waals surface area contributed by atoms with Gasteiger partial charge in [0.1, 0.15) is 16.2 Å².